The Kier molecular flexibility index (Phi) is 4.44. The summed E-state index contributed by atoms with van der Waals surface area (Å²) in [7, 11) is 1.60. The summed E-state index contributed by atoms with van der Waals surface area (Å²) >= 11 is 0. The molecule has 0 fully saturated rings. The number of anilines is 1. The van der Waals surface area contributed by atoms with Gasteiger partial charge in [0.2, 0.25) is 0 Å². The van der Waals surface area contributed by atoms with Gasteiger partial charge < -0.3 is 20.9 Å². The highest BCUT2D eigenvalue weighted by Gasteiger charge is 2.02. The SMILES string of the molecule is COc1ccccc1NC(N)=NCc1ccc(O)cc1. The van der Waals surface area contributed by atoms with Crippen LogP contribution >= 0.6 is 0 Å². The largest absolute Gasteiger partial charge is 0.508 e. The summed E-state index contributed by atoms with van der Waals surface area (Å²) in [5, 5.41) is 12.2. The smallest absolute Gasteiger partial charge is 0.193 e. The van der Waals surface area contributed by atoms with E-state index in [1.165, 1.54) is 0 Å². The third-order valence-electron chi connectivity index (χ3n) is 2.74. The molecule has 0 aliphatic heterocycles. The standard InChI is InChI=1S/C15H17N3O2/c1-20-14-5-3-2-4-13(14)18-15(16)17-10-11-6-8-12(19)9-7-11/h2-9,19H,10H2,1H3,(H3,16,17,18). The first-order valence-electron chi connectivity index (χ1n) is 6.17. The van der Waals surface area contributed by atoms with E-state index in [4.69, 9.17) is 10.5 Å². The number of phenols is 1. The number of methoxy groups -OCH3 is 1. The minimum Gasteiger partial charge on any atom is -0.508 e. The van der Waals surface area contributed by atoms with Gasteiger partial charge in [-0.2, -0.15) is 0 Å². The average Bonchev–Trinajstić information content (AvgIpc) is 2.47. The first-order valence-corrected chi connectivity index (χ1v) is 6.17. The van der Waals surface area contributed by atoms with Crippen molar-refractivity contribution in [1.82, 2.24) is 0 Å². The van der Waals surface area contributed by atoms with E-state index in [-0.39, 0.29) is 5.75 Å². The fraction of sp³-hybridized carbons (Fsp3) is 0.133. The molecule has 0 aliphatic carbocycles. The first kappa shape index (κ1) is 13.7. The Hall–Kier alpha value is -2.69. The number of aromatic hydroxyl groups is 1. The number of nitrogens with one attached hydrogen (secondary N) is 1. The molecule has 5 nitrogen and oxygen atoms in total. The molecule has 0 bridgehead atoms. The van der Waals surface area contributed by atoms with E-state index < -0.39 is 0 Å². The zero-order valence-corrected chi connectivity index (χ0v) is 11.2. The van der Waals surface area contributed by atoms with Crippen LogP contribution in [0.4, 0.5) is 5.69 Å². The van der Waals surface area contributed by atoms with E-state index >= 15 is 0 Å². The number of nitrogens with two attached hydrogens (primary N) is 1. The third-order valence-corrected chi connectivity index (χ3v) is 2.74. The van der Waals surface area contributed by atoms with Gasteiger partial charge in [0.1, 0.15) is 11.5 Å². The van der Waals surface area contributed by atoms with Gasteiger partial charge >= 0.3 is 0 Å². The molecule has 0 saturated heterocycles. The number of hydrogen-bond donors (Lipinski definition) is 3. The molecule has 0 amide bonds. The number of phenolic OH excluding ortho intramolecular Hbond substituents is 1. The van der Waals surface area contributed by atoms with Gasteiger partial charge in [0, 0.05) is 0 Å². The lowest BCUT2D eigenvalue weighted by atomic mass is 10.2. The predicted octanol–water partition coefficient (Wildman–Crippen LogP) is 2.33. The molecule has 0 aromatic heterocycles. The maximum atomic E-state index is 9.20. The Labute approximate surface area is 117 Å². The summed E-state index contributed by atoms with van der Waals surface area (Å²) in [5.41, 5.74) is 7.57. The highest BCUT2D eigenvalue weighted by Crippen LogP contribution is 2.22. The number of ether oxygens (including phenoxy) is 1. The summed E-state index contributed by atoms with van der Waals surface area (Å²) in [4.78, 5) is 4.24. The molecule has 5 heteroatoms. The number of hydrogen-bond acceptors (Lipinski definition) is 3. The highest BCUT2D eigenvalue weighted by molar-refractivity contribution is 5.93. The van der Waals surface area contributed by atoms with E-state index in [0.29, 0.717) is 18.3 Å². The average molecular weight is 271 g/mol. The second-order valence-electron chi connectivity index (χ2n) is 4.19. The molecule has 0 aliphatic rings. The minimum absolute atomic E-state index is 0.234. The van der Waals surface area contributed by atoms with Crippen molar-refractivity contribution in [3.63, 3.8) is 0 Å². The van der Waals surface area contributed by atoms with Gasteiger partial charge in [-0.15, -0.1) is 0 Å². The number of guanidine groups is 1. The van der Waals surface area contributed by atoms with Crippen LogP contribution in [0.15, 0.2) is 53.5 Å². The van der Waals surface area contributed by atoms with Crippen LogP contribution in [-0.4, -0.2) is 18.2 Å². The second-order valence-corrected chi connectivity index (χ2v) is 4.19. The van der Waals surface area contributed by atoms with Crippen molar-refractivity contribution in [3.8, 4) is 11.5 Å². The Morgan fingerprint density at radius 2 is 1.90 bits per heavy atom. The minimum atomic E-state index is 0.234. The summed E-state index contributed by atoms with van der Waals surface area (Å²) in [6.45, 7) is 0.439. The van der Waals surface area contributed by atoms with E-state index in [1.807, 2.05) is 24.3 Å². The molecular formula is C15H17N3O2. The van der Waals surface area contributed by atoms with Crippen molar-refractivity contribution in [3.05, 3.63) is 54.1 Å². The molecule has 2 rings (SSSR count). The van der Waals surface area contributed by atoms with E-state index in [1.54, 1.807) is 31.4 Å². The molecule has 0 radical (unpaired) electrons. The molecule has 0 spiro atoms. The number of benzene rings is 2. The molecule has 0 atom stereocenters. The van der Waals surface area contributed by atoms with Gasteiger partial charge in [0.05, 0.1) is 19.3 Å². The molecule has 0 saturated carbocycles. The lowest BCUT2D eigenvalue weighted by Crippen LogP contribution is -2.22. The lowest BCUT2D eigenvalue weighted by Gasteiger charge is -2.10. The summed E-state index contributed by atoms with van der Waals surface area (Å²) in [6, 6.07) is 14.3. The molecule has 0 heterocycles. The Bertz CT molecular complexity index is 594. The van der Waals surface area contributed by atoms with E-state index in [0.717, 1.165) is 11.3 Å². The van der Waals surface area contributed by atoms with Crippen LogP contribution in [0.5, 0.6) is 11.5 Å². The molecule has 104 valence electrons. The normalized spacial score (nSPS) is 11.2. The van der Waals surface area contributed by atoms with Crippen molar-refractivity contribution in [2.24, 2.45) is 10.7 Å². The Morgan fingerprint density at radius 3 is 2.60 bits per heavy atom. The van der Waals surface area contributed by atoms with Crippen LogP contribution in [0.3, 0.4) is 0 Å². The van der Waals surface area contributed by atoms with Gasteiger partial charge in [0.25, 0.3) is 0 Å². The van der Waals surface area contributed by atoms with Crippen LogP contribution in [0.2, 0.25) is 0 Å². The second kappa shape index (κ2) is 6.47. The van der Waals surface area contributed by atoms with Crippen molar-refractivity contribution >= 4 is 11.6 Å². The zero-order valence-electron chi connectivity index (χ0n) is 11.2. The van der Waals surface area contributed by atoms with Crippen molar-refractivity contribution in [2.75, 3.05) is 12.4 Å². The number of nitrogens with zero attached hydrogens (tertiary/aromatic N) is 1. The molecule has 0 unspecified atom stereocenters. The van der Waals surface area contributed by atoms with E-state index in [2.05, 4.69) is 10.3 Å². The van der Waals surface area contributed by atoms with Crippen molar-refractivity contribution in [2.45, 2.75) is 6.54 Å². The van der Waals surface area contributed by atoms with Gasteiger partial charge in [-0.25, -0.2) is 4.99 Å². The van der Waals surface area contributed by atoms with Crippen LogP contribution in [0.25, 0.3) is 0 Å². The summed E-state index contributed by atoms with van der Waals surface area (Å²) in [6.07, 6.45) is 0. The van der Waals surface area contributed by atoms with Crippen LogP contribution < -0.4 is 15.8 Å². The number of aliphatic imine (C=N–C) groups is 1. The van der Waals surface area contributed by atoms with Gasteiger partial charge in [-0.1, -0.05) is 24.3 Å². The van der Waals surface area contributed by atoms with Crippen LogP contribution in [0.1, 0.15) is 5.56 Å². The number of rotatable bonds is 4. The van der Waals surface area contributed by atoms with Crippen molar-refractivity contribution < 1.29 is 9.84 Å². The zero-order chi connectivity index (χ0) is 14.4. The molecule has 2 aromatic carbocycles. The Balaban J connectivity index is 2.02. The summed E-state index contributed by atoms with van der Waals surface area (Å²) < 4.78 is 5.22. The molecular weight excluding hydrogens is 254 g/mol. The third kappa shape index (κ3) is 3.65. The Morgan fingerprint density at radius 1 is 1.20 bits per heavy atom. The first-order chi connectivity index (χ1) is 9.69. The highest BCUT2D eigenvalue weighted by atomic mass is 16.5. The lowest BCUT2D eigenvalue weighted by molar-refractivity contribution is 0.417. The maximum Gasteiger partial charge on any atom is 0.193 e. The van der Waals surface area contributed by atoms with E-state index in [9.17, 15) is 5.11 Å². The van der Waals surface area contributed by atoms with Crippen LogP contribution in [0, 0.1) is 0 Å². The van der Waals surface area contributed by atoms with Gasteiger partial charge in [-0.05, 0) is 29.8 Å². The topological polar surface area (TPSA) is 79.9 Å². The molecule has 20 heavy (non-hydrogen) atoms. The van der Waals surface area contributed by atoms with Gasteiger partial charge in [-0.3, -0.25) is 0 Å². The molecule has 2 aromatic rings. The van der Waals surface area contributed by atoms with Crippen molar-refractivity contribution in [1.29, 1.82) is 0 Å². The predicted molar refractivity (Wildman–Crippen MR) is 80.0 cm³/mol. The monoisotopic (exact) mass is 271 g/mol. The molecule has 4 N–H and O–H groups in total. The van der Waals surface area contributed by atoms with Crippen LogP contribution in [-0.2, 0) is 6.54 Å². The fourth-order valence-corrected chi connectivity index (χ4v) is 1.70. The van der Waals surface area contributed by atoms with Gasteiger partial charge in [0.15, 0.2) is 5.96 Å². The summed E-state index contributed by atoms with van der Waals surface area (Å²) in [5.74, 6) is 1.25. The number of para-hydroxylation sites is 2. The maximum absolute atomic E-state index is 9.20. The fourth-order valence-electron chi connectivity index (χ4n) is 1.70. The quantitative estimate of drug-likeness (QED) is 0.589.